The van der Waals surface area contributed by atoms with Crippen LogP contribution in [0.15, 0.2) is 12.2 Å². The first-order valence-corrected chi connectivity index (χ1v) is 3.31. The molecule has 1 atom stereocenters. The molecule has 9 heavy (non-hydrogen) atoms. The molecule has 50 valence electrons. The van der Waals surface area contributed by atoms with Gasteiger partial charge in [-0.2, -0.15) is 0 Å². The highest BCUT2D eigenvalue weighted by Crippen LogP contribution is 2.15. The highest BCUT2D eigenvalue weighted by Gasteiger charge is 2.09. The molecular weight excluding hydrogens is 112 g/mol. The number of amidine groups is 1. The Morgan fingerprint density at radius 2 is 2.44 bits per heavy atom. The third-order valence-corrected chi connectivity index (χ3v) is 1.65. The van der Waals surface area contributed by atoms with Gasteiger partial charge in [0.05, 0.1) is 5.84 Å². The van der Waals surface area contributed by atoms with Crippen molar-refractivity contribution < 1.29 is 0 Å². The van der Waals surface area contributed by atoms with Crippen molar-refractivity contribution in [3.63, 3.8) is 0 Å². The summed E-state index contributed by atoms with van der Waals surface area (Å²) in [4.78, 5) is 0. The molecule has 2 nitrogen and oxygen atoms in total. The molecule has 0 aromatic carbocycles. The molecule has 0 aromatic rings. The van der Waals surface area contributed by atoms with Crippen molar-refractivity contribution in [3.8, 4) is 0 Å². The maximum atomic E-state index is 7.12. The van der Waals surface area contributed by atoms with Gasteiger partial charge < -0.3 is 5.73 Å². The molecule has 0 spiro atoms. The quantitative estimate of drug-likeness (QED) is 0.309. The largest absolute Gasteiger partial charge is 0.387 e. The fourth-order valence-corrected chi connectivity index (χ4v) is 1.07. The maximum absolute atomic E-state index is 7.12. The first kappa shape index (κ1) is 6.33. The Bertz CT molecular complexity index is 138. The van der Waals surface area contributed by atoms with Crippen LogP contribution in [0.25, 0.3) is 0 Å². The molecule has 0 saturated heterocycles. The molecule has 1 aliphatic carbocycles. The Labute approximate surface area is 55.3 Å². The van der Waals surface area contributed by atoms with E-state index < -0.39 is 0 Å². The molecule has 0 heterocycles. The van der Waals surface area contributed by atoms with Gasteiger partial charge in [-0.1, -0.05) is 12.2 Å². The second kappa shape index (κ2) is 2.67. The van der Waals surface area contributed by atoms with Gasteiger partial charge in [-0.3, -0.25) is 5.41 Å². The predicted octanol–water partition coefficient (Wildman–Crippen LogP) is 1.28. The molecule has 0 aliphatic heterocycles. The second-order valence-electron chi connectivity index (χ2n) is 2.42. The summed E-state index contributed by atoms with van der Waals surface area (Å²) in [6.07, 6.45) is 7.54. The first-order chi connectivity index (χ1) is 4.30. The zero-order chi connectivity index (χ0) is 6.69. The van der Waals surface area contributed by atoms with Crippen LogP contribution < -0.4 is 5.73 Å². The van der Waals surface area contributed by atoms with Crippen LogP contribution in [-0.2, 0) is 0 Å². The zero-order valence-electron chi connectivity index (χ0n) is 5.43. The summed E-state index contributed by atoms with van der Waals surface area (Å²) in [6.45, 7) is 0. The monoisotopic (exact) mass is 124 g/mol. The molecule has 0 amide bonds. The fraction of sp³-hybridized carbons (Fsp3) is 0.571. The average Bonchev–Trinajstić information content (AvgIpc) is 1.90. The van der Waals surface area contributed by atoms with Crippen molar-refractivity contribution in [2.24, 2.45) is 11.7 Å². The van der Waals surface area contributed by atoms with E-state index in [0.29, 0.717) is 5.84 Å². The van der Waals surface area contributed by atoms with E-state index in [0.717, 1.165) is 12.8 Å². The molecular formula is C7H12N2. The van der Waals surface area contributed by atoms with E-state index in [1.165, 1.54) is 6.42 Å². The van der Waals surface area contributed by atoms with E-state index in [1.807, 2.05) is 6.08 Å². The summed E-state index contributed by atoms with van der Waals surface area (Å²) < 4.78 is 0. The van der Waals surface area contributed by atoms with E-state index >= 15 is 0 Å². The molecule has 1 rings (SSSR count). The Morgan fingerprint density at radius 3 is 2.78 bits per heavy atom. The number of nitrogens with one attached hydrogen (secondary N) is 1. The minimum absolute atomic E-state index is 0.235. The van der Waals surface area contributed by atoms with E-state index in [1.54, 1.807) is 0 Å². The van der Waals surface area contributed by atoms with Crippen molar-refractivity contribution in [2.45, 2.75) is 19.3 Å². The molecule has 0 saturated carbocycles. The molecule has 1 unspecified atom stereocenters. The van der Waals surface area contributed by atoms with Gasteiger partial charge >= 0.3 is 0 Å². The normalized spacial score (nSPS) is 26.0. The lowest BCUT2D eigenvalue weighted by Gasteiger charge is -2.13. The van der Waals surface area contributed by atoms with Crippen molar-refractivity contribution in [2.75, 3.05) is 0 Å². The topological polar surface area (TPSA) is 49.9 Å². The van der Waals surface area contributed by atoms with Crippen LogP contribution in [0.1, 0.15) is 19.3 Å². The van der Waals surface area contributed by atoms with Gasteiger partial charge in [0.1, 0.15) is 0 Å². The van der Waals surface area contributed by atoms with Gasteiger partial charge in [-0.25, -0.2) is 0 Å². The number of hydrogen-bond donors (Lipinski definition) is 2. The van der Waals surface area contributed by atoms with Gasteiger partial charge in [0, 0.05) is 5.92 Å². The average molecular weight is 124 g/mol. The smallest absolute Gasteiger partial charge is 0.0975 e. The van der Waals surface area contributed by atoms with Gasteiger partial charge in [-0.15, -0.1) is 0 Å². The summed E-state index contributed by atoms with van der Waals surface area (Å²) in [5, 5.41) is 7.12. The number of hydrogen-bond acceptors (Lipinski definition) is 1. The summed E-state index contributed by atoms with van der Waals surface area (Å²) >= 11 is 0. The number of rotatable bonds is 1. The molecule has 1 aliphatic rings. The lowest BCUT2D eigenvalue weighted by molar-refractivity contribution is 0.649. The van der Waals surface area contributed by atoms with E-state index in [2.05, 4.69) is 6.08 Å². The van der Waals surface area contributed by atoms with Crippen LogP contribution in [0.5, 0.6) is 0 Å². The molecule has 3 N–H and O–H groups in total. The Kier molecular flexibility index (Phi) is 1.88. The predicted molar refractivity (Wildman–Crippen MR) is 38.4 cm³/mol. The van der Waals surface area contributed by atoms with Crippen molar-refractivity contribution in [1.82, 2.24) is 0 Å². The van der Waals surface area contributed by atoms with Crippen LogP contribution in [0.2, 0.25) is 0 Å². The molecule has 2 heteroatoms. The third-order valence-electron chi connectivity index (χ3n) is 1.65. The summed E-state index contributed by atoms with van der Waals surface area (Å²) in [5.74, 6) is 0.546. The maximum Gasteiger partial charge on any atom is 0.0975 e. The lowest BCUT2D eigenvalue weighted by Crippen LogP contribution is -2.21. The Morgan fingerprint density at radius 1 is 1.67 bits per heavy atom. The van der Waals surface area contributed by atoms with Gasteiger partial charge in [0.2, 0.25) is 0 Å². The van der Waals surface area contributed by atoms with E-state index in [-0.39, 0.29) is 5.92 Å². The third kappa shape index (κ3) is 1.56. The van der Waals surface area contributed by atoms with Crippen molar-refractivity contribution in [3.05, 3.63) is 12.2 Å². The minimum Gasteiger partial charge on any atom is -0.387 e. The van der Waals surface area contributed by atoms with Gasteiger partial charge in [0.25, 0.3) is 0 Å². The van der Waals surface area contributed by atoms with Crippen molar-refractivity contribution >= 4 is 5.84 Å². The summed E-state index contributed by atoms with van der Waals surface area (Å²) in [7, 11) is 0. The number of nitrogens with two attached hydrogens (primary N) is 1. The van der Waals surface area contributed by atoms with E-state index in [9.17, 15) is 0 Å². The Balaban J connectivity index is 2.50. The number of allylic oxidation sites excluding steroid dienone is 1. The van der Waals surface area contributed by atoms with Crippen LogP contribution >= 0.6 is 0 Å². The highest BCUT2D eigenvalue weighted by molar-refractivity contribution is 5.81. The molecule has 0 aromatic heterocycles. The SMILES string of the molecule is N=C(N)C1C=CCCC1. The van der Waals surface area contributed by atoms with Crippen molar-refractivity contribution in [1.29, 1.82) is 5.41 Å². The summed E-state index contributed by atoms with van der Waals surface area (Å²) in [6, 6.07) is 0. The summed E-state index contributed by atoms with van der Waals surface area (Å²) in [5.41, 5.74) is 5.30. The first-order valence-electron chi connectivity index (χ1n) is 3.31. The second-order valence-corrected chi connectivity index (χ2v) is 2.42. The molecule has 0 fully saturated rings. The van der Waals surface area contributed by atoms with Gasteiger partial charge in [-0.05, 0) is 19.3 Å². The minimum atomic E-state index is 0.235. The fourth-order valence-electron chi connectivity index (χ4n) is 1.07. The standard InChI is InChI=1S/C7H12N2/c8-7(9)6-4-2-1-3-5-6/h2,4,6H,1,3,5H2,(H3,8,9). The Hall–Kier alpha value is -0.790. The molecule has 0 bridgehead atoms. The van der Waals surface area contributed by atoms with Crippen LogP contribution in [0, 0.1) is 11.3 Å². The van der Waals surface area contributed by atoms with E-state index in [4.69, 9.17) is 11.1 Å². The van der Waals surface area contributed by atoms with Crippen LogP contribution in [-0.4, -0.2) is 5.84 Å². The zero-order valence-corrected chi connectivity index (χ0v) is 5.43. The lowest BCUT2D eigenvalue weighted by atomic mass is 9.95. The van der Waals surface area contributed by atoms with Gasteiger partial charge in [0.15, 0.2) is 0 Å². The molecule has 0 radical (unpaired) electrons. The van der Waals surface area contributed by atoms with Crippen LogP contribution in [0.3, 0.4) is 0 Å². The highest BCUT2D eigenvalue weighted by atomic mass is 14.7. The van der Waals surface area contributed by atoms with Crippen LogP contribution in [0.4, 0.5) is 0 Å².